The fourth-order valence-corrected chi connectivity index (χ4v) is 1.55. The normalized spacial score (nSPS) is 11.3. The van der Waals surface area contributed by atoms with E-state index in [1.54, 1.807) is 6.92 Å². The third-order valence-corrected chi connectivity index (χ3v) is 2.48. The first kappa shape index (κ1) is 18.0. The molecule has 17 heavy (non-hydrogen) atoms. The molecular weight excluding hydrogens is 220 g/mol. The van der Waals surface area contributed by atoms with Gasteiger partial charge in [-0.15, -0.1) is 0 Å². The molecule has 1 rings (SSSR count). The molecule has 4 N–H and O–H groups in total. The highest BCUT2D eigenvalue weighted by molar-refractivity contribution is 5.73. The van der Waals surface area contributed by atoms with Crippen molar-refractivity contribution < 1.29 is 20.9 Å². The van der Waals surface area contributed by atoms with Crippen LogP contribution >= 0.6 is 0 Å². The van der Waals surface area contributed by atoms with Crippen molar-refractivity contribution in [2.45, 2.75) is 33.1 Å². The van der Waals surface area contributed by atoms with Gasteiger partial charge in [0, 0.05) is 11.9 Å². The maximum Gasteiger partial charge on any atom is 0.0486 e. The van der Waals surface area contributed by atoms with Crippen molar-refractivity contribution >= 4 is 5.97 Å². The lowest BCUT2D eigenvalue weighted by Gasteiger charge is -2.13. The van der Waals surface area contributed by atoms with Gasteiger partial charge in [-0.25, -0.2) is 0 Å². The summed E-state index contributed by atoms with van der Waals surface area (Å²) < 4.78 is 0. The number of carboxylic acids is 1. The third-order valence-electron chi connectivity index (χ3n) is 2.48. The number of carbonyl (C=O) groups excluding carboxylic acids is 1. The van der Waals surface area contributed by atoms with E-state index in [0.717, 1.165) is 12.0 Å². The van der Waals surface area contributed by atoms with E-state index in [0.29, 0.717) is 5.92 Å². The summed E-state index contributed by atoms with van der Waals surface area (Å²) in [5.74, 6) is -0.931. The van der Waals surface area contributed by atoms with Crippen molar-refractivity contribution in [2.75, 3.05) is 0 Å². The molecule has 4 nitrogen and oxygen atoms in total. The first-order chi connectivity index (χ1) is 7.00. The van der Waals surface area contributed by atoms with Gasteiger partial charge in [0.2, 0.25) is 0 Å². The van der Waals surface area contributed by atoms with E-state index >= 15 is 0 Å². The molecule has 0 saturated heterocycles. The van der Waals surface area contributed by atoms with Gasteiger partial charge in [-0.2, -0.15) is 0 Å². The number of hydrogen-bond donors (Lipinski definition) is 0. The summed E-state index contributed by atoms with van der Waals surface area (Å²) in [4.78, 5) is 10.7. The Bertz CT molecular complexity index is 330. The van der Waals surface area contributed by atoms with Crippen LogP contribution in [-0.4, -0.2) is 16.9 Å². The molecular formula is C13H21O4-. The smallest absolute Gasteiger partial charge is 0.0486 e. The molecule has 0 aromatic heterocycles. The summed E-state index contributed by atoms with van der Waals surface area (Å²) in [5, 5.41) is 10.7. The number of carboxylic acid groups (broad SMARTS) is 1. The molecule has 1 unspecified atom stereocenters. The maximum atomic E-state index is 10.7. The average molecular weight is 241 g/mol. The number of benzene rings is 1. The molecule has 0 fully saturated rings. The van der Waals surface area contributed by atoms with Gasteiger partial charge in [0.25, 0.3) is 0 Å². The molecule has 0 radical (unpaired) electrons. The lowest BCUT2D eigenvalue weighted by molar-refractivity contribution is -0.307. The van der Waals surface area contributed by atoms with Crippen LogP contribution in [0.3, 0.4) is 0 Å². The molecule has 98 valence electrons. The second-order valence-corrected chi connectivity index (χ2v) is 4.38. The highest BCUT2D eigenvalue weighted by atomic mass is 16.4. The van der Waals surface area contributed by atoms with E-state index < -0.39 is 11.9 Å². The Hall–Kier alpha value is -1.39. The van der Waals surface area contributed by atoms with Gasteiger partial charge in [-0.1, -0.05) is 45.0 Å². The molecule has 0 spiro atoms. The van der Waals surface area contributed by atoms with Crippen LogP contribution in [0.15, 0.2) is 24.3 Å². The van der Waals surface area contributed by atoms with Crippen molar-refractivity contribution in [1.82, 2.24) is 0 Å². The number of carbonyl (C=O) groups is 1. The molecule has 0 amide bonds. The zero-order chi connectivity index (χ0) is 11.4. The number of aliphatic carboxylic acids is 1. The minimum Gasteiger partial charge on any atom is -0.550 e. The predicted octanol–water partition coefficient (Wildman–Crippen LogP) is 0.0891. The molecule has 0 aliphatic carbocycles. The fraction of sp³-hybridized carbons (Fsp3) is 0.462. The summed E-state index contributed by atoms with van der Waals surface area (Å²) in [6.45, 7) is 5.97. The van der Waals surface area contributed by atoms with E-state index in [1.807, 2.05) is 24.3 Å². The Morgan fingerprint density at radius 3 is 1.94 bits per heavy atom. The second kappa shape index (κ2) is 7.81. The van der Waals surface area contributed by atoms with Crippen LogP contribution in [0.4, 0.5) is 0 Å². The minimum absolute atomic E-state index is 0. The fourth-order valence-electron chi connectivity index (χ4n) is 1.55. The van der Waals surface area contributed by atoms with Crippen molar-refractivity contribution in [3.05, 3.63) is 35.4 Å². The van der Waals surface area contributed by atoms with Crippen LogP contribution in [-0.2, 0) is 11.2 Å². The molecule has 4 heteroatoms. The summed E-state index contributed by atoms with van der Waals surface area (Å²) in [5.41, 5.74) is 2.06. The van der Waals surface area contributed by atoms with Crippen LogP contribution in [0, 0.1) is 5.92 Å². The van der Waals surface area contributed by atoms with Gasteiger partial charge in [-0.3, -0.25) is 0 Å². The van der Waals surface area contributed by atoms with Crippen molar-refractivity contribution in [1.29, 1.82) is 0 Å². The summed E-state index contributed by atoms with van der Waals surface area (Å²) in [7, 11) is 0. The zero-order valence-corrected chi connectivity index (χ0v) is 10.5. The van der Waals surface area contributed by atoms with E-state index in [-0.39, 0.29) is 11.0 Å². The minimum atomic E-state index is -1.02. The van der Waals surface area contributed by atoms with Crippen molar-refractivity contribution in [3.8, 4) is 0 Å². The van der Waals surface area contributed by atoms with Gasteiger partial charge >= 0.3 is 0 Å². The first-order valence-electron chi connectivity index (χ1n) is 5.30. The summed E-state index contributed by atoms with van der Waals surface area (Å²) in [6.07, 6.45) is 1.03. The zero-order valence-electron chi connectivity index (χ0n) is 10.5. The molecule has 0 saturated carbocycles. The summed E-state index contributed by atoms with van der Waals surface area (Å²) >= 11 is 0. The quantitative estimate of drug-likeness (QED) is 0.745. The van der Waals surface area contributed by atoms with Crippen LogP contribution in [0.2, 0.25) is 0 Å². The lowest BCUT2D eigenvalue weighted by atomic mass is 9.97. The lowest BCUT2D eigenvalue weighted by Crippen LogP contribution is -2.27. The van der Waals surface area contributed by atoms with Crippen molar-refractivity contribution in [3.63, 3.8) is 0 Å². The monoisotopic (exact) mass is 241 g/mol. The number of rotatable bonds is 4. The van der Waals surface area contributed by atoms with Gasteiger partial charge in [0.15, 0.2) is 0 Å². The van der Waals surface area contributed by atoms with Crippen LogP contribution in [0.5, 0.6) is 0 Å². The number of hydrogen-bond acceptors (Lipinski definition) is 2. The first-order valence-corrected chi connectivity index (χ1v) is 5.30. The van der Waals surface area contributed by atoms with Gasteiger partial charge in [0.05, 0.1) is 0 Å². The highest BCUT2D eigenvalue weighted by Gasteiger charge is 2.06. The SMILES string of the molecule is CC(C)Cc1ccc(C(C)C(=O)[O-])cc1.O.O. The standard InChI is InChI=1S/C13H18O2.2H2O/c1-9(2)8-11-4-6-12(7-5-11)10(3)13(14)15;;/h4-7,9-10H,8H2,1-3H3,(H,14,15);2*1H2/p-1. The molecule has 0 aliphatic heterocycles. The molecule has 1 atom stereocenters. The molecule has 0 aliphatic rings. The Balaban J connectivity index is 0. The topological polar surface area (TPSA) is 103 Å². The largest absolute Gasteiger partial charge is 0.550 e. The molecule has 1 aromatic rings. The van der Waals surface area contributed by atoms with Crippen LogP contribution in [0.1, 0.15) is 37.8 Å². The second-order valence-electron chi connectivity index (χ2n) is 4.38. The average Bonchev–Trinajstić information content (AvgIpc) is 2.17. The third kappa shape index (κ3) is 5.47. The predicted molar refractivity (Wildman–Crippen MR) is 65.6 cm³/mol. The van der Waals surface area contributed by atoms with Gasteiger partial charge in [0.1, 0.15) is 0 Å². The van der Waals surface area contributed by atoms with E-state index in [4.69, 9.17) is 0 Å². The Kier molecular flexibility index (Phi) is 8.27. The van der Waals surface area contributed by atoms with Gasteiger partial charge < -0.3 is 20.9 Å². The molecule has 0 heterocycles. The Labute approximate surface area is 102 Å². The van der Waals surface area contributed by atoms with Crippen LogP contribution < -0.4 is 5.11 Å². The van der Waals surface area contributed by atoms with Gasteiger partial charge in [-0.05, 0) is 23.5 Å². The van der Waals surface area contributed by atoms with E-state index in [9.17, 15) is 9.90 Å². The van der Waals surface area contributed by atoms with E-state index in [2.05, 4.69) is 13.8 Å². The van der Waals surface area contributed by atoms with Crippen LogP contribution in [0.25, 0.3) is 0 Å². The van der Waals surface area contributed by atoms with E-state index in [1.165, 1.54) is 5.56 Å². The Morgan fingerprint density at radius 1 is 1.12 bits per heavy atom. The summed E-state index contributed by atoms with van der Waals surface area (Å²) in [6, 6.07) is 7.74. The highest BCUT2D eigenvalue weighted by Crippen LogP contribution is 2.16. The Morgan fingerprint density at radius 2 is 1.59 bits per heavy atom. The molecule has 0 bridgehead atoms. The van der Waals surface area contributed by atoms with Crippen molar-refractivity contribution in [2.24, 2.45) is 5.92 Å². The maximum absolute atomic E-state index is 10.7. The molecule has 1 aromatic carbocycles.